The average Bonchev–Trinajstić information content (AvgIpc) is 3.31. The lowest BCUT2D eigenvalue weighted by Crippen LogP contribution is -2.14. The third kappa shape index (κ3) is 11.8. The Kier molecular flexibility index (Phi) is 24.8. The number of fused-ring (bicyclic) bond motifs is 5. The summed E-state index contributed by atoms with van der Waals surface area (Å²) in [6.07, 6.45) is 5.21. The summed E-state index contributed by atoms with van der Waals surface area (Å²) in [5.41, 5.74) is 12.1. The van der Waals surface area contributed by atoms with Crippen LogP contribution in [0.2, 0.25) is 0 Å². The molecule has 4 aromatic rings. The molecule has 0 N–H and O–H groups in total. The van der Waals surface area contributed by atoms with E-state index in [-0.39, 0.29) is 5.41 Å². The van der Waals surface area contributed by atoms with Crippen molar-refractivity contribution in [1.82, 2.24) is 0 Å². The number of hydrogen-bond acceptors (Lipinski definition) is 0. The summed E-state index contributed by atoms with van der Waals surface area (Å²) in [5.74, 6) is 0. The van der Waals surface area contributed by atoms with Crippen molar-refractivity contribution in [3.63, 3.8) is 0 Å². The van der Waals surface area contributed by atoms with Gasteiger partial charge in [-0.3, -0.25) is 0 Å². The fourth-order valence-corrected chi connectivity index (χ4v) is 4.95. The number of aryl methyl sites for hydroxylation is 4. The minimum absolute atomic E-state index is 0.160. The molecule has 0 radical (unpaired) electrons. The highest BCUT2D eigenvalue weighted by molar-refractivity contribution is 5.80. The van der Waals surface area contributed by atoms with E-state index in [1.54, 1.807) is 22.3 Å². The van der Waals surface area contributed by atoms with E-state index in [0.29, 0.717) is 0 Å². The third-order valence-electron chi connectivity index (χ3n) is 7.06. The van der Waals surface area contributed by atoms with Gasteiger partial charge in [-0.1, -0.05) is 194 Å². The zero-order valence-electron chi connectivity index (χ0n) is 30.6. The number of benzene rings is 4. The maximum Gasteiger partial charge on any atom is 0.0158 e. The van der Waals surface area contributed by atoms with Crippen molar-refractivity contribution in [2.24, 2.45) is 0 Å². The largest absolute Gasteiger partial charge is 0.0683 e. The molecule has 0 spiro atoms. The van der Waals surface area contributed by atoms with Gasteiger partial charge in [0.25, 0.3) is 0 Å². The zero-order valence-corrected chi connectivity index (χ0v) is 30.6. The van der Waals surface area contributed by atoms with Gasteiger partial charge in [0.15, 0.2) is 0 Å². The Morgan fingerprint density at radius 1 is 0.326 bits per heavy atom. The van der Waals surface area contributed by atoms with Crippen molar-refractivity contribution < 1.29 is 0 Å². The summed E-state index contributed by atoms with van der Waals surface area (Å²) in [4.78, 5) is 0. The molecule has 0 saturated carbocycles. The molecule has 0 aliphatic heterocycles. The van der Waals surface area contributed by atoms with Crippen LogP contribution in [-0.2, 0) is 31.1 Å². The van der Waals surface area contributed by atoms with Gasteiger partial charge in [0, 0.05) is 5.41 Å². The SMILES string of the molecule is CC.CC.CC.CC.CC.CC.CC1(C)c2ccccc2-c2ccccc21.c1ccc2c(c1)CC2.c1ccc2c(c1)CC2. The van der Waals surface area contributed by atoms with Crippen LogP contribution in [0.5, 0.6) is 0 Å². The van der Waals surface area contributed by atoms with Crippen molar-refractivity contribution in [3.05, 3.63) is 130 Å². The van der Waals surface area contributed by atoms with Gasteiger partial charge < -0.3 is 0 Å². The molecule has 238 valence electrons. The molecule has 0 aromatic heterocycles. The molecule has 7 rings (SSSR count). The molecule has 4 aromatic carbocycles. The van der Waals surface area contributed by atoms with Gasteiger partial charge in [-0.15, -0.1) is 0 Å². The molecule has 3 aliphatic rings. The summed E-state index contributed by atoms with van der Waals surface area (Å²) in [7, 11) is 0. The molecule has 0 bridgehead atoms. The van der Waals surface area contributed by atoms with E-state index in [9.17, 15) is 0 Å². The van der Waals surface area contributed by atoms with E-state index in [1.165, 1.54) is 47.9 Å². The summed E-state index contributed by atoms with van der Waals surface area (Å²) in [6, 6.07) is 34.7. The van der Waals surface area contributed by atoms with Crippen molar-refractivity contribution in [3.8, 4) is 11.1 Å². The van der Waals surface area contributed by atoms with Crippen LogP contribution in [0.1, 0.15) is 130 Å². The Morgan fingerprint density at radius 3 is 0.744 bits per heavy atom. The quantitative estimate of drug-likeness (QED) is 0.193. The van der Waals surface area contributed by atoms with Gasteiger partial charge >= 0.3 is 0 Å². The number of hydrogen-bond donors (Lipinski definition) is 0. The Morgan fingerprint density at radius 2 is 0.535 bits per heavy atom. The first kappa shape index (κ1) is 42.0. The van der Waals surface area contributed by atoms with Gasteiger partial charge in [-0.2, -0.15) is 0 Å². The van der Waals surface area contributed by atoms with Crippen LogP contribution in [0.15, 0.2) is 97.1 Å². The van der Waals surface area contributed by atoms with Crippen LogP contribution in [0.3, 0.4) is 0 Å². The molecule has 0 nitrogen and oxygen atoms in total. The molecule has 0 fully saturated rings. The first-order chi connectivity index (χ1) is 21.1. The second kappa shape index (κ2) is 25.4. The van der Waals surface area contributed by atoms with E-state index in [2.05, 4.69) is 111 Å². The maximum absolute atomic E-state index is 2.30. The van der Waals surface area contributed by atoms with Crippen LogP contribution in [-0.4, -0.2) is 0 Å². The zero-order chi connectivity index (χ0) is 33.3. The van der Waals surface area contributed by atoms with E-state index < -0.39 is 0 Å². The highest BCUT2D eigenvalue weighted by Gasteiger charge is 2.34. The number of rotatable bonds is 0. The molecule has 0 atom stereocenters. The molecular weight excluding hydrogens is 516 g/mol. The molecule has 43 heavy (non-hydrogen) atoms. The second-order valence-electron chi connectivity index (χ2n) is 9.25. The van der Waals surface area contributed by atoms with Crippen LogP contribution < -0.4 is 0 Å². The van der Waals surface area contributed by atoms with E-state index in [0.717, 1.165) is 0 Å². The lowest BCUT2D eigenvalue weighted by Gasteiger charge is -2.20. The molecule has 0 heteroatoms. The predicted octanol–water partition coefficient (Wildman–Crippen LogP) is 13.7. The summed E-state index contributed by atoms with van der Waals surface area (Å²) in [5, 5.41) is 0. The van der Waals surface area contributed by atoms with Gasteiger partial charge in [0.05, 0.1) is 0 Å². The monoisotopic (exact) mass is 583 g/mol. The molecule has 3 aliphatic carbocycles. The third-order valence-corrected chi connectivity index (χ3v) is 7.06. The highest BCUT2D eigenvalue weighted by Crippen LogP contribution is 2.47. The minimum Gasteiger partial charge on any atom is -0.0683 e. The fourth-order valence-electron chi connectivity index (χ4n) is 4.95. The van der Waals surface area contributed by atoms with Crippen molar-refractivity contribution >= 4 is 0 Å². The maximum atomic E-state index is 2.30. The smallest absolute Gasteiger partial charge is 0.0158 e. The van der Waals surface area contributed by atoms with Gasteiger partial charge in [-0.25, -0.2) is 0 Å². The topological polar surface area (TPSA) is 0 Å². The van der Waals surface area contributed by atoms with Crippen LogP contribution >= 0.6 is 0 Å². The Balaban J connectivity index is 0. The summed E-state index contributed by atoms with van der Waals surface area (Å²) in [6.45, 7) is 28.6. The van der Waals surface area contributed by atoms with Crippen molar-refractivity contribution in [1.29, 1.82) is 0 Å². The lowest BCUT2D eigenvalue weighted by atomic mass is 9.82. The summed E-state index contributed by atoms with van der Waals surface area (Å²) < 4.78 is 0. The normalized spacial score (nSPS) is 11.8. The first-order valence-corrected chi connectivity index (χ1v) is 17.5. The Bertz CT molecular complexity index is 1070. The van der Waals surface area contributed by atoms with E-state index in [4.69, 9.17) is 0 Å². The van der Waals surface area contributed by atoms with Crippen molar-refractivity contribution in [2.75, 3.05) is 0 Å². The molecule has 0 unspecified atom stereocenters. The standard InChI is InChI=1S/C15H14.2C8H8.6C2H6/c1-15(2)13-9-5-3-7-11(13)12-8-4-6-10-14(12)15;2*1-2-4-8-6-5-7(8)3-1;6*1-2/h3-10H,1-2H3;2*1-4H,5-6H2;6*1-2H3. The van der Waals surface area contributed by atoms with Gasteiger partial charge in [0.2, 0.25) is 0 Å². The van der Waals surface area contributed by atoms with Crippen molar-refractivity contribution in [2.45, 2.75) is 128 Å². The van der Waals surface area contributed by atoms with Crippen LogP contribution in [0.25, 0.3) is 11.1 Å². The molecule has 0 saturated heterocycles. The molecule has 0 amide bonds. The Labute approximate surface area is 269 Å². The van der Waals surface area contributed by atoms with Gasteiger partial charge in [0.1, 0.15) is 0 Å². The predicted molar refractivity (Wildman–Crippen MR) is 200 cm³/mol. The summed E-state index contributed by atoms with van der Waals surface area (Å²) >= 11 is 0. The second-order valence-corrected chi connectivity index (χ2v) is 9.25. The highest BCUT2D eigenvalue weighted by atomic mass is 14.4. The van der Waals surface area contributed by atoms with E-state index in [1.807, 2.05) is 83.1 Å². The minimum atomic E-state index is 0.160. The molecular formula is C43H66. The lowest BCUT2D eigenvalue weighted by molar-refractivity contribution is 0.660. The first-order valence-electron chi connectivity index (χ1n) is 17.5. The van der Waals surface area contributed by atoms with Crippen LogP contribution in [0.4, 0.5) is 0 Å². The average molecular weight is 583 g/mol. The molecule has 0 heterocycles. The van der Waals surface area contributed by atoms with Crippen LogP contribution in [0, 0.1) is 0 Å². The van der Waals surface area contributed by atoms with Gasteiger partial charge in [-0.05, 0) is 70.2 Å². The van der Waals surface area contributed by atoms with E-state index >= 15 is 0 Å². The Hall–Kier alpha value is -3.12. The fraction of sp³-hybridized carbons (Fsp3) is 0.442.